The van der Waals surface area contributed by atoms with E-state index in [1.54, 1.807) is 6.33 Å². The molecule has 5 rings (SSSR count). The number of rotatable bonds is 8. The minimum atomic E-state index is 0.213. The third kappa shape index (κ3) is 5.11. The molecule has 0 unspecified atom stereocenters. The van der Waals surface area contributed by atoms with Gasteiger partial charge in [-0.2, -0.15) is 0 Å². The van der Waals surface area contributed by atoms with Gasteiger partial charge in [0.25, 0.3) is 0 Å². The Morgan fingerprint density at radius 3 is 2.08 bits per heavy atom. The van der Waals surface area contributed by atoms with Crippen LogP contribution in [0.2, 0.25) is 0 Å². The van der Waals surface area contributed by atoms with Gasteiger partial charge in [-0.3, -0.25) is 4.90 Å². The highest BCUT2D eigenvalue weighted by atomic mass is 16.5. The zero-order valence-corrected chi connectivity index (χ0v) is 20.5. The van der Waals surface area contributed by atoms with Gasteiger partial charge in [0.05, 0.1) is 18.3 Å². The van der Waals surface area contributed by atoms with Crippen molar-refractivity contribution < 1.29 is 4.74 Å². The molecular weight excluding hydrogens is 448 g/mol. The summed E-state index contributed by atoms with van der Waals surface area (Å²) in [5.74, 6) is 2.11. The number of para-hydroxylation sites is 2. The van der Waals surface area contributed by atoms with Crippen LogP contribution in [0.1, 0.15) is 24.1 Å². The average molecular weight is 481 g/mol. The minimum absolute atomic E-state index is 0.213. The standard InChI is InChI=1S/C29H32N6O/c1-2-36-25-16-10-9-15-24(25)33-28-26(30)29(32-21-31-28)35-19-17-34(18-20-35)27(22-11-5-3-6-12-22)23-13-7-4-8-14-23/h3-16,21,27H,2,17-20,30H2,1H3,(H,31,32,33). The SMILES string of the molecule is CCOc1ccccc1Nc1ncnc(N2CCN(C(c3ccccc3)c3ccccc3)CC2)c1N. The molecule has 0 aliphatic carbocycles. The lowest BCUT2D eigenvalue weighted by atomic mass is 9.96. The van der Waals surface area contributed by atoms with Crippen molar-refractivity contribution >= 4 is 23.0 Å². The molecule has 0 radical (unpaired) electrons. The maximum absolute atomic E-state index is 6.58. The van der Waals surface area contributed by atoms with Gasteiger partial charge in [-0.15, -0.1) is 0 Å². The zero-order chi connectivity index (χ0) is 24.7. The van der Waals surface area contributed by atoms with Crippen LogP contribution < -0.4 is 20.7 Å². The van der Waals surface area contributed by atoms with Gasteiger partial charge >= 0.3 is 0 Å². The summed E-state index contributed by atoms with van der Waals surface area (Å²) in [6.07, 6.45) is 1.57. The van der Waals surface area contributed by atoms with E-state index in [1.165, 1.54) is 11.1 Å². The number of benzene rings is 3. The van der Waals surface area contributed by atoms with E-state index >= 15 is 0 Å². The van der Waals surface area contributed by atoms with E-state index in [0.717, 1.165) is 43.4 Å². The number of nitrogens with one attached hydrogen (secondary N) is 1. The van der Waals surface area contributed by atoms with E-state index in [2.05, 4.69) is 85.7 Å². The normalized spacial score (nSPS) is 14.1. The number of nitrogens with two attached hydrogens (primary N) is 1. The van der Waals surface area contributed by atoms with Gasteiger partial charge in [0.2, 0.25) is 0 Å². The number of ether oxygens (including phenoxy) is 1. The molecule has 1 saturated heterocycles. The van der Waals surface area contributed by atoms with Crippen molar-refractivity contribution in [2.75, 3.05) is 48.7 Å². The molecule has 1 fully saturated rings. The number of hydrogen-bond donors (Lipinski definition) is 2. The summed E-state index contributed by atoms with van der Waals surface area (Å²) >= 11 is 0. The van der Waals surface area contributed by atoms with Crippen LogP contribution in [-0.2, 0) is 0 Å². The molecular formula is C29H32N6O. The van der Waals surface area contributed by atoms with Crippen molar-refractivity contribution in [3.05, 3.63) is 102 Å². The van der Waals surface area contributed by atoms with E-state index in [9.17, 15) is 0 Å². The van der Waals surface area contributed by atoms with Crippen LogP contribution in [0.15, 0.2) is 91.3 Å². The number of hydrogen-bond acceptors (Lipinski definition) is 7. The van der Waals surface area contributed by atoms with Gasteiger partial charge in [0.1, 0.15) is 17.8 Å². The van der Waals surface area contributed by atoms with E-state index in [-0.39, 0.29) is 6.04 Å². The monoisotopic (exact) mass is 480 g/mol. The maximum atomic E-state index is 6.58. The van der Waals surface area contributed by atoms with E-state index < -0.39 is 0 Å². The lowest BCUT2D eigenvalue weighted by molar-refractivity contribution is 0.212. The fourth-order valence-electron chi connectivity index (χ4n) is 4.79. The number of aromatic nitrogens is 2. The first-order valence-corrected chi connectivity index (χ1v) is 12.4. The maximum Gasteiger partial charge on any atom is 0.159 e. The smallest absolute Gasteiger partial charge is 0.159 e. The van der Waals surface area contributed by atoms with Crippen LogP contribution in [0.25, 0.3) is 0 Å². The Hall–Kier alpha value is -4.10. The van der Waals surface area contributed by atoms with Crippen molar-refractivity contribution in [1.82, 2.24) is 14.9 Å². The third-order valence-corrected chi connectivity index (χ3v) is 6.51. The minimum Gasteiger partial charge on any atom is -0.492 e. The fraction of sp³-hybridized carbons (Fsp3) is 0.241. The van der Waals surface area contributed by atoms with Crippen LogP contribution in [0, 0.1) is 0 Å². The highest BCUT2D eigenvalue weighted by Gasteiger charge is 2.28. The first kappa shape index (κ1) is 23.6. The molecule has 7 nitrogen and oxygen atoms in total. The summed E-state index contributed by atoms with van der Waals surface area (Å²) in [5.41, 5.74) is 10.6. The molecule has 7 heteroatoms. The van der Waals surface area contributed by atoms with Crippen molar-refractivity contribution in [2.24, 2.45) is 0 Å². The van der Waals surface area contributed by atoms with Gasteiger partial charge in [-0.05, 0) is 30.2 Å². The summed E-state index contributed by atoms with van der Waals surface area (Å²) in [6.45, 7) is 5.99. The average Bonchev–Trinajstić information content (AvgIpc) is 2.93. The van der Waals surface area contributed by atoms with E-state index in [0.29, 0.717) is 18.1 Å². The third-order valence-electron chi connectivity index (χ3n) is 6.51. The zero-order valence-electron chi connectivity index (χ0n) is 20.5. The quantitative estimate of drug-likeness (QED) is 0.363. The lowest BCUT2D eigenvalue weighted by Gasteiger charge is -2.40. The van der Waals surface area contributed by atoms with Crippen LogP contribution in [-0.4, -0.2) is 47.7 Å². The Labute approximate surface area is 212 Å². The molecule has 0 saturated carbocycles. The number of nitrogen functional groups attached to an aromatic ring is 1. The molecule has 3 aromatic carbocycles. The Bertz CT molecular complexity index is 1220. The molecule has 1 aliphatic rings. The molecule has 0 bridgehead atoms. The molecule has 4 aromatic rings. The van der Waals surface area contributed by atoms with Crippen LogP contribution in [0.5, 0.6) is 5.75 Å². The number of anilines is 4. The highest BCUT2D eigenvalue weighted by Crippen LogP contribution is 2.34. The molecule has 36 heavy (non-hydrogen) atoms. The van der Waals surface area contributed by atoms with Crippen molar-refractivity contribution in [3.8, 4) is 5.75 Å². The molecule has 0 amide bonds. The largest absolute Gasteiger partial charge is 0.492 e. The van der Waals surface area contributed by atoms with E-state index in [1.807, 2.05) is 31.2 Å². The molecule has 0 atom stereocenters. The van der Waals surface area contributed by atoms with Crippen LogP contribution in [0.4, 0.5) is 23.0 Å². The number of piperazine rings is 1. The van der Waals surface area contributed by atoms with Crippen molar-refractivity contribution in [1.29, 1.82) is 0 Å². The number of nitrogens with zero attached hydrogens (tertiary/aromatic N) is 4. The van der Waals surface area contributed by atoms with E-state index in [4.69, 9.17) is 10.5 Å². The van der Waals surface area contributed by atoms with Gasteiger partial charge < -0.3 is 20.7 Å². The van der Waals surface area contributed by atoms with Gasteiger partial charge in [-0.25, -0.2) is 9.97 Å². The second-order valence-electron chi connectivity index (χ2n) is 8.76. The predicted octanol–water partition coefficient (Wildman–Crippen LogP) is 5.11. The predicted molar refractivity (Wildman–Crippen MR) is 146 cm³/mol. The second kappa shape index (κ2) is 11.1. The molecule has 2 heterocycles. The summed E-state index contributed by atoms with van der Waals surface area (Å²) in [7, 11) is 0. The molecule has 3 N–H and O–H groups in total. The summed E-state index contributed by atoms with van der Waals surface area (Å²) in [6, 6.07) is 29.4. The Kier molecular flexibility index (Phi) is 7.28. The van der Waals surface area contributed by atoms with Crippen LogP contribution >= 0.6 is 0 Å². The molecule has 184 valence electrons. The molecule has 1 aliphatic heterocycles. The Balaban J connectivity index is 1.33. The van der Waals surface area contributed by atoms with Gasteiger partial charge in [-0.1, -0.05) is 72.8 Å². The fourth-order valence-corrected chi connectivity index (χ4v) is 4.79. The summed E-state index contributed by atoms with van der Waals surface area (Å²) < 4.78 is 5.74. The second-order valence-corrected chi connectivity index (χ2v) is 8.76. The summed E-state index contributed by atoms with van der Waals surface area (Å²) in [5, 5.41) is 3.34. The van der Waals surface area contributed by atoms with Gasteiger partial charge in [0.15, 0.2) is 11.6 Å². The Morgan fingerprint density at radius 2 is 1.44 bits per heavy atom. The molecule has 0 spiro atoms. The summed E-state index contributed by atoms with van der Waals surface area (Å²) in [4.78, 5) is 13.8. The Morgan fingerprint density at radius 1 is 0.833 bits per heavy atom. The topological polar surface area (TPSA) is 79.5 Å². The van der Waals surface area contributed by atoms with Gasteiger partial charge in [0, 0.05) is 26.2 Å². The first-order valence-electron chi connectivity index (χ1n) is 12.4. The van der Waals surface area contributed by atoms with Crippen LogP contribution in [0.3, 0.4) is 0 Å². The van der Waals surface area contributed by atoms with Crippen molar-refractivity contribution in [3.63, 3.8) is 0 Å². The first-order chi connectivity index (χ1) is 17.7. The molecule has 1 aromatic heterocycles. The van der Waals surface area contributed by atoms with Crippen molar-refractivity contribution in [2.45, 2.75) is 13.0 Å². The highest BCUT2D eigenvalue weighted by molar-refractivity contribution is 5.79. The lowest BCUT2D eigenvalue weighted by Crippen LogP contribution is -2.48.